The van der Waals surface area contributed by atoms with E-state index in [0.29, 0.717) is 22.9 Å². The molecule has 1 nitrogen and oxygen atoms in total. The summed E-state index contributed by atoms with van der Waals surface area (Å²) in [5.74, 6) is 0.805. The third kappa shape index (κ3) is 2.84. The van der Waals surface area contributed by atoms with E-state index in [1.54, 1.807) is 0 Å². The molecule has 1 aromatic carbocycles. The first-order chi connectivity index (χ1) is 8.15. The van der Waals surface area contributed by atoms with Gasteiger partial charge in [0.2, 0.25) is 0 Å². The molecule has 1 unspecified atom stereocenters. The molecule has 1 aliphatic heterocycles. The first-order valence-electron chi connectivity index (χ1n) is 5.63. The van der Waals surface area contributed by atoms with Crippen molar-refractivity contribution in [2.75, 3.05) is 16.0 Å². The van der Waals surface area contributed by atoms with Crippen molar-refractivity contribution in [2.45, 2.75) is 19.4 Å². The van der Waals surface area contributed by atoms with Gasteiger partial charge in [0.05, 0.1) is 0 Å². The van der Waals surface area contributed by atoms with Crippen molar-refractivity contribution < 1.29 is 30.3 Å². The van der Waals surface area contributed by atoms with Gasteiger partial charge >= 0.3 is 121 Å². The molecule has 0 aromatic heterocycles. The number of halogens is 3. The number of alkyl halides is 2. The van der Waals surface area contributed by atoms with Crippen LogP contribution in [0, 0.1) is 11.7 Å². The molecule has 0 N–H and O–H groups in total. The molecule has 17 heavy (non-hydrogen) atoms. The minimum atomic E-state index is -0.148. The van der Waals surface area contributed by atoms with E-state index >= 15 is 0 Å². The fourth-order valence-electron chi connectivity index (χ4n) is 2.30. The van der Waals surface area contributed by atoms with Crippen molar-refractivity contribution in [1.29, 1.82) is 0 Å². The van der Waals surface area contributed by atoms with Gasteiger partial charge in [-0.25, -0.2) is 0 Å². The quantitative estimate of drug-likeness (QED) is 0.519. The van der Waals surface area contributed by atoms with E-state index in [1.165, 1.54) is 4.43 Å². The Morgan fingerprint density at radius 2 is 2.35 bits per heavy atom. The summed E-state index contributed by atoms with van der Waals surface area (Å²) in [5.41, 5.74) is 1.90. The van der Waals surface area contributed by atoms with Gasteiger partial charge < -0.3 is 0 Å². The Kier molecular flexibility index (Phi) is 4.83. The Hall–Kier alpha value is 0.320. The number of rotatable bonds is 3. The van der Waals surface area contributed by atoms with Crippen molar-refractivity contribution in [3.8, 4) is 0 Å². The molecule has 96 valence electrons. The van der Waals surface area contributed by atoms with Crippen LogP contribution in [-0.4, -0.2) is 16.0 Å². The molecule has 2 atom stereocenters. The molecule has 1 aliphatic rings. The van der Waals surface area contributed by atoms with E-state index in [9.17, 15) is 4.39 Å². The van der Waals surface area contributed by atoms with E-state index in [0.717, 1.165) is 17.7 Å². The zero-order valence-electron chi connectivity index (χ0n) is 9.97. The van der Waals surface area contributed by atoms with Crippen LogP contribution in [0.1, 0.15) is 24.0 Å². The Balaban J connectivity index is 2.35. The van der Waals surface area contributed by atoms with Crippen LogP contribution in [0.25, 0.3) is 0 Å². The monoisotopic (exact) mass is 413 g/mol. The predicted octanol–water partition coefficient (Wildman–Crippen LogP) is 0.557. The second-order valence-electron chi connectivity index (χ2n) is 4.45. The van der Waals surface area contributed by atoms with Crippen LogP contribution < -0.4 is 21.2 Å². The molecule has 0 aliphatic carbocycles. The Morgan fingerprint density at radius 3 is 3.06 bits per heavy atom. The number of benzene rings is 1. The summed E-state index contributed by atoms with van der Waals surface area (Å²) >= 11 is 3.51. The maximum atomic E-state index is 14.0. The van der Waals surface area contributed by atoms with E-state index in [4.69, 9.17) is 4.74 Å². The molecule has 2 rings (SSSR count). The molecular formula is C13H16BrFIO-. The molecule has 0 spiro atoms. The van der Waals surface area contributed by atoms with Crippen LogP contribution in [-0.2, 0) is 11.3 Å². The number of hydrogen-bond acceptors (Lipinski definition) is 1. The average molecular weight is 414 g/mol. The summed E-state index contributed by atoms with van der Waals surface area (Å²) in [6, 6.07) is 3.88. The van der Waals surface area contributed by atoms with Gasteiger partial charge in [-0.3, -0.25) is 0 Å². The predicted molar refractivity (Wildman–Crippen MR) is 66.5 cm³/mol. The van der Waals surface area contributed by atoms with Gasteiger partial charge in [0.15, 0.2) is 0 Å². The third-order valence-corrected chi connectivity index (χ3v) is 6.14. The molecular weight excluding hydrogens is 398 g/mol. The van der Waals surface area contributed by atoms with Gasteiger partial charge in [0.25, 0.3) is 0 Å². The normalized spacial score (nSPS) is 21.3. The van der Waals surface area contributed by atoms with E-state index in [1.807, 2.05) is 6.07 Å². The van der Waals surface area contributed by atoms with Crippen LogP contribution in [0.5, 0.6) is 0 Å². The molecule has 0 saturated heterocycles. The number of ether oxygens (including phenoxy) is 1. The fourth-order valence-corrected chi connectivity index (χ4v) is 4.68. The second kappa shape index (κ2) is 5.97. The molecule has 0 radical (unpaired) electrons. The second-order valence-corrected chi connectivity index (χ2v) is 7.71. The van der Waals surface area contributed by atoms with Gasteiger partial charge in [-0.05, 0) is 0 Å². The van der Waals surface area contributed by atoms with Crippen LogP contribution in [0.3, 0.4) is 0 Å². The number of hydrogen-bond donors (Lipinski definition) is 0. The first-order valence-corrected chi connectivity index (χ1v) is 10.1. The van der Waals surface area contributed by atoms with E-state index in [2.05, 4.69) is 33.9 Å². The first kappa shape index (κ1) is 13.7. The van der Waals surface area contributed by atoms with Crippen molar-refractivity contribution in [3.63, 3.8) is 0 Å². The SMILES string of the molecule is C[I-]CC(C)[C@H]1COCc2c1ccc(Br)c2F. The maximum absolute atomic E-state index is 14.0. The molecule has 0 saturated carbocycles. The van der Waals surface area contributed by atoms with E-state index in [-0.39, 0.29) is 27.0 Å². The van der Waals surface area contributed by atoms with Gasteiger partial charge in [-0.15, -0.1) is 0 Å². The molecule has 0 amide bonds. The summed E-state index contributed by atoms with van der Waals surface area (Å²) in [5, 5.41) is 0. The zero-order chi connectivity index (χ0) is 12.4. The Bertz CT molecular complexity index is 411. The van der Waals surface area contributed by atoms with Crippen molar-refractivity contribution >= 4 is 15.9 Å². The van der Waals surface area contributed by atoms with Gasteiger partial charge in [-0.2, -0.15) is 0 Å². The Morgan fingerprint density at radius 1 is 1.59 bits per heavy atom. The van der Waals surface area contributed by atoms with Crippen molar-refractivity contribution in [1.82, 2.24) is 0 Å². The van der Waals surface area contributed by atoms with Crippen LogP contribution >= 0.6 is 15.9 Å². The van der Waals surface area contributed by atoms with Crippen LogP contribution in [0.4, 0.5) is 4.39 Å². The van der Waals surface area contributed by atoms with E-state index < -0.39 is 0 Å². The van der Waals surface area contributed by atoms with Crippen LogP contribution in [0.15, 0.2) is 16.6 Å². The summed E-state index contributed by atoms with van der Waals surface area (Å²) < 4.78 is 21.4. The summed E-state index contributed by atoms with van der Waals surface area (Å²) in [7, 11) is 0. The minimum absolute atomic E-state index is 0.148. The van der Waals surface area contributed by atoms with Crippen molar-refractivity contribution in [2.24, 2.45) is 5.92 Å². The molecule has 4 heteroatoms. The molecule has 1 aromatic rings. The van der Waals surface area contributed by atoms with Gasteiger partial charge in [-0.1, -0.05) is 0 Å². The Labute approximate surface area is 121 Å². The number of fused-ring (bicyclic) bond motifs is 1. The summed E-state index contributed by atoms with van der Waals surface area (Å²) in [6.07, 6.45) is 0. The topological polar surface area (TPSA) is 9.23 Å². The average Bonchev–Trinajstić information content (AvgIpc) is 2.33. The summed E-state index contributed by atoms with van der Waals surface area (Å²) in [4.78, 5) is 2.29. The molecule has 0 fully saturated rings. The third-order valence-electron chi connectivity index (χ3n) is 3.26. The summed E-state index contributed by atoms with van der Waals surface area (Å²) in [6.45, 7) is 3.40. The standard InChI is InChI=1S/C13H16BrFIO/c1-8(5-16-2)10-6-17-7-11-9(10)3-4-12(14)13(11)15/h3-4,8,10H,5-7H2,1-2H3/q-1/t8?,10-/m1/s1. The van der Waals surface area contributed by atoms with Gasteiger partial charge in [0, 0.05) is 0 Å². The molecule has 1 heterocycles. The van der Waals surface area contributed by atoms with Gasteiger partial charge in [0.1, 0.15) is 0 Å². The van der Waals surface area contributed by atoms with Crippen molar-refractivity contribution in [3.05, 3.63) is 33.5 Å². The fraction of sp³-hybridized carbons (Fsp3) is 0.538. The zero-order valence-corrected chi connectivity index (χ0v) is 13.7. The van der Waals surface area contributed by atoms with Crippen LogP contribution in [0.2, 0.25) is 0 Å². The molecule has 0 bridgehead atoms.